The van der Waals surface area contributed by atoms with Crippen molar-refractivity contribution in [2.75, 3.05) is 18.6 Å². The first-order valence-corrected chi connectivity index (χ1v) is 12.7. The molecule has 0 unspecified atom stereocenters. The van der Waals surface area contributed by atoms with Gasteiger partial charge in [-0.3, -0.25) is 14.4 Å². The number of nitrogens with one attached hydrogen (secondary N) is 2. The van der Waals surface area contributed by atoms with Crippen LogP contribution in [-0.2, 0) is 20.8 Å². The van der Waals surface area contributed by atoms with Crippen molar-refractivity contribution in [1.82, 2.24) is 10.6 Å². The third-order valence-electron chi connectivity index (χ3n) is 6.13. The molecule has 2 amide bonds. The van der Waals surface area contributed by atoms with Crippen molar-refractivity contribution in [3.8, 4) is 0 Å². The van der Waals surface area contributed by atoms with Gasteiger partial charge in [0.15, 0.2) is 0 Å². The van der Waals surface area contributed by atoms with E-state index in [0.29, 0.717) is 28.9 Å². The number of carboxylic acids is 1. The van der Waals surface area contributed by atoms with Crippen LogP contribution in [0.5, 0.6) is 0 Å². The minimum Gasteiger partial charge on any atom is -0.481 e. The van der Waals surface area contributed by atoms with Crippen LogP contribution in [-0.4, -0.2) is 47.5 Å². The Hall–Kier alpha value is -3.27. The zero-order valence-electron chi connectivity index (χ0n) is 20.5. The molecule has 0 aliphatic rings. The van der Waals surface area contributed by atoms with Crippen molar-refractivity contribution in [3.63, 3.8) is 0 Å². The molecule has 3 aromatic rings. The van der Waals surface area contributed by atoms with E-state index in [2.05, 4.69) is 10.6 Å². The Morgan fingerprint density at radius 1 is 1.03 bits per heavy atom. The summed E-state index contributed by atoms with van der Waals surface area (Å²) in [6.07, 6.45) is 1.81. The van der Waals surface area contributed by atoms with Gasteiger partial charge in [-0.05, 0) is 57.6 Å². The molecule has 2 aromatic heterocycles. The molecule has 35 heavy (non-hydrogen) atoms. The zero-order chi connectivity index (χ0) is 25.9. The highest BCUT2D eigenvalue weighted by molar-refractivity contribution is 7.98. The fourth-order valence-electron chi connectivity index (χ4n) is 4.03. The molecule has 0 aliphatic carbocycles. The quantitative estimate of drug-likeness (QED) is 0.284. The first-order chi connectivity index (χ1) is 16.5. The number of fused-ring (bicyclic) bond motifs is 2. The van der Waals surface area contributed by atoms with Crippen molar-refractivity contribution in [1.29, 1.82) is 0 Å². The summed E-state index contributed by atoms with van der Waals surface area (Å²) in [6.45, 7) is 7.66. The Bertz CT molecular complexity index is 1360. The molecule has 3 rings (SSSR count). The monoisotopic (exact) mass is 502 g/mol. The highest BCUT2D eigenvalue weighted by Gasteiger charge is 2.23. The number of hydrogen-bond donors (Lipinski definition) is 3. The van der Waals surface area contributed by atoms with Crippen LogP contribution in [0.25, 0.3) is 21.9 Å². The van der Waals surface area contributed by atoms with Gasteiger partial charge in [0.05, 0.1) is 12.0 Å². The molecule has 9 nitrogen and oxygen atoms in total. The first kappa shape index (κ1) is 26.3. The molecule has 188 valence electrons. The molecule has 0 radical (unpaired) electrons. The number of amides is 2. The van der Waals surface area contributed by atoms with Gasteiger partial charge in [0.25, 0.3) is 0 Å². The summed E-state index contributed by atoms with van der Waals surface area (Å²) >= 11 is 1.39. The van der Waals surface area contributed by atoms with E-state index in [9.17, 15) is 19.2 Å². The normalized spacial score (nSPS) is 12.1. The summed E-state index contributed by atoms with van der Waals surface area (Å²) in [6, 6.07) is 1.11. The molecule has 0 aliphatic heterocycles. The molecule has 3 N–H and O–H groups in total. The number of aliphatic carboxylic acids is 1. The lowest BCUT2D eigenvalue weighted by Gasteiger charge is -2.18. The van der Waals surface area contributed by atoms with E-state index in [0.717, 1.165) is 27.7 Å². The average molecular weight is 503 g/mol. The second-order valence-electron chi connectivity index (χ2n) is 8.57. The van der Waals surface area contributed by atoms with E-state index in [1.807, 2.05) is 33.1 Å². The zero-order valence-corrected chi connectivity index (χ0v) is 21.3. The van der Waals surface area contributed by atoms with Gasteiger partial charge in [-0.15, -0.1) is 0 Å². The number of carbonyl (C=O) groups is 3. The maximum atomic E-state index is 12.8. The van der Waals surface area contributed by atoms with Crippen LogP contribution < -0.4 is 16.3 Å². The van der Waals surface area contributed by atoms with Gasteiger partial charge in [0.1, 0.15) is 23.0 Å². The average Bonchev–Trinajstić information content (AvgIpc) is 3.08. The van der Waals surface area contributed by atoms with E-state index in [-0.39, 0.29) is 24.9 Å². The summed E-state index contributed by atoms with van der Waals surface area (Å²) in [7, 11) is 0. The number of aryl methyl sites for hydroxylation is 4. The number of hydrogen-bond acceptors (Lipinski definition) is 7. The fourth-order valence-corrected chi connectivity index (χ4v) is 4.59. The Kier molecular flexibility index (Phi) is 8.26. The van der Waals surface area contributed by atoms with Gasteiger partial charge in [-0.1, -0.05) is 0 Å². The molecule has 1 aromatic carbocycles. The Labute approximate surface area is 206 Å². The van der Waals surface area contributed by atoms with Crippen molar-refractivity contribution >= 4 is 51.5 Å². The fraction of sp³-hybridized carbons (Fsp3) is 0.440. The minimum atomic E-state index is -0.938. The number of carboxylic acid groups (broad SMARTS) is 1. The van der Waals surface area contributed by atoms with Crippen molar-refractivity contribution < 1.29 is 28.3 Å². The summed E-state index contributed by atoms with van der Waals surface area (Å²) in [5.41, 5.74) is 3.11. The van der Waals surface area contributed by atoms with Crippen LogP contribution in [0.3, 0.4) is 0 Å². The van der Waals surface area contributed by atoms with E-state index in [1.165, 1.54) is 11.8 Å². The summed E-state index contributed by atoms with van der Waals surface area (Å²) < 4.78 is 11.5. The Balaban J connectivity index is 1.83. The second-order valence-corrected chi connectivity index (χ2v) is 9.48. The molecule has 0 spiro atoms. The number of carbonyl (C=O) groups excluding carboxylic acids is 2. The lowest BCUT2D eigenvalue weighted by Crippen LogP contribution is -2.49. The van der Waals surface area contributed by atoms with E-state index in [4.69, 9.17) is 13.9 Å². The van der Waals surface area contributed by atoms with Crippen molar-refractivity contribution in [2.45, 2.75) is 53.0 Å². The largest absolute Gasteiger partial charge is 0.481 e. The third-order valence-corrected chi connectivity index (χ3v) is 6.80. The SMILES string of the molecule is CSC[C@@H](NC(=O)Cc1c(C)c2cc3c(C)c(C)oc3c(C)c2oc1=O)C(=O)NCCCC(=O)O. The van der Waals surface area contributed by atoms with E-state index >= 15 is 0 Å². The maximum Gasteiger partial charge on any atom is 0.340 e. The molecule has 1 atom stereocenters. The number of furan rings is 1. The van der Waals surface area contributed by atoms with Gasteiger partial charge < -0.3 is 24.6 Å². The summed E-state index contributed by atoms with van der Waals surface area (Å²) in [5, 5.41) is 15.7. The van der Waals surface area contributed by atoms with Crippen molar-refractivity contribution in [2.24, 2.45) is 0 Å². The molecule has 0 fully saturated rings. The third kappa shape index (κ3) is 5.70. The van der Waals surface area contributed by atoms with Crippen LogP contribution in [0.1, 0.15) is 40.9 Å². The molecule has 0 saturated carbocycles. The maximum absolute atomic E-state index is 12.8. The highest BCUT2D eigenvalue weighted by atomic mass is 32.2. The van der Waals surface area contributed by atoms with Gasteiger partial charge in [0.2, 0.25) is 11.8 Å². The smallest absolute Gasteiger partial charge is 0.340 e. The van der Waals surface area contributed by atoms with Gasteiger partial charge >= 0.3 is 11.6 Å². The van der Waals surface area contributed by atoms with Crippen molar-refractivity contribution in [3.05, 3.63) is 44.5 Å². The molecule has 0 bridgehead atoms. The van der Waals surface area contributed by atoms with Crippen LogP contribution >= 0.6 is 11.8 Å². The first-order valence-electron chi connectivity index (χ1n) is 11.3. The van der Waals surface area contributed by atoms with Gasteiger partial charge in [0, 0.05) is 35.1 Å². The van der Waals surface area contributed by atoms with Gasteiger partial charge in [-0.2, -0.15) is 11.8 Å². The standard InChI is InChI=1S/C25H30N2O7S/c1-12-15(4)33-22-14(3)23-17(9-16(12)22)13(2)18(25(32)34-23)10-20(28)27-19(11-35-5)24(31)26-8-6-7-21(29)30/h9,19H,6-8,10-11H2,1-5H3,(H,26,31)(H,27,28)(H,29,30)/t19-/m1/s1. The lowest BCUT2D eigenvalue weighted by atomic mass is 9.98. The predicted molar refractivity (Wildman–Crippen MR) is 135 cm³/mol. The highest BCUT2D eigenvalue weighted by Crippen LogP contribution is 2.34. The van der Waals surface area contributed by atoms with Crippen LogP contribution in [0, 0.1) is 27.7 Å². The van der Waals surface area contributed by atoms with Crippen LogP contribution in [0.4, 0.5) is 0 Å². The lowest BCUT2D eigenvalue weighted by molar-refractivity contribution is -0.137. The molecule has 10 heteroatoms. The number of benzene rings is 1. The summed E-state index contributed by atoms with van der Waals surface area (Å²) in [4.78, 5) is 48.8. The Morgan fingerprint density at radius 2 is 1.69 bits per heavy atom. The number of rotatable bonds is 10. The Morgan fingerprint density at radius 3 is 2.34 bits per heavy atom. The topological polar surface area (TPSA) is 139 Å². The second kappa shape index (κ2) is 11.0. The van der Waals surface area contributed by atoms with E-state index in [1.54, 1.807) is 6.92 Å². The molecular formula is C25H30N2O7S. The van der Waals surface area contributed by atoms with Crippen LogP contribution in [0.2, 0.25) is 0 Å². The predicted octanol–water partition coefficient (Wildman–Crippen LogP) is 3.14. The molecule has 2 heterocycles. The molecule has 0 saturated heterocycles. The van der Waals surface area contributed by atoms with Crippen LogP contribution in [0.15, 0.2) is 19.7 Å². The van der Waals surface area contributed by atoms with Gasteiger partial charge in [-0.25, -0.2) is 4.79 Å². The molecular weight excluding hydrogens is 472 g/mol. The number of thioether (sulfide) groups is 1. The minimum absolute atomic E-state index is 0.0550. The van der Waals surface area contributed by atoms with E-state index < -0.39 is 29.5 Å². The summed E-state index contributed by atoms with van der Waals surface area (Å²) in [5.74, 6) is -0.694.